The van der Waals surface area contributed by atoms with Crippen LogP contribution in [0.1, 0.15) is 15.9 Å². The van der Waals surface area contributed by atoms with Crippen molar-refractivity contribution in [3.8, 4) is 11.1 Å². The number of carbonyl (C=O) groups excluding carboxylic acids is 1. The molecule has 2 heterocycles. The number of primary amides is 1. The first-order chi connectivity index (χ1) is 11.6. The summed E-state index contributed by atoms with van der Waals surface area (Å²) in [5.74, 6) is -0.571. The van der Waals surface area contributed by atoms with Gasteiger partial charge < -0.3 is 11.5 Å². The van der Waals surface area contributed by atoms with Crippen molar-refractivity contribution in [3.63, 3.8) is 0 Å². The fourth-order valence-electron chi connectivity index (χ4n) is 3.17. The highest BCUT2D eigenvalue weighted by Crippen LogP contribution is 2.40. The monoisotopic (exact) mass is 317 g/mol. The van der Waals surface area contributed by atoms with Gasteiger partial charge in [-0.3, -0.25) is 14.9 Å². The minimum Gasteiger partial charge on any atom is -0.398 e. The molecule has 0 saturated carbocycles. The molecule has 6 nitrogen and oxygen atoms in total. The average molecular weight is 317 g/mol. The third-order valence-corrected chi connectivity index (χ3v) is 4.30. The molecule has 0 radical (unpaired) electrons. The first-order valence-electron chi connectivity index (χ1n) is 7.48. The van der Waals surface area contributed by atoms with E-state index in [1.165, 1.54) is 0 Å². The van der Waals surface area contributed by atoms with Crippen LogP contribution in [0, 0.1) is 6.92 Å². The summed E-state index contributed by atoms with van der Waals surface area (Å²) in [6, 6.07) is 9.39. The predicted molar refractivity (Wildman–Crippen MR) is 94.5 cm³/mol. The number of nitrogens with zero attached hydrogens (tertiary/aromatic N) is 2. The highest BCUT2D eigenvalue weighted by atomic mass is 16.1. The molecule has 5 N–H and O–H groups in total. The molecule has 118 valence electrons. The van der Waals surface area contributed by atoms with E-state index < -0.39 is 5.91 Å². The van der Waals surface area contributed by atoms with Gasteiger partial charge in [-0.05, 0) is 36.2 Å². The molecule has 0 unspecified atom stereocenters. The Kier molecular flexibility index (Phi) is 2.99. The van der Waals surface area contributed by atoms with E-state index in [-0.39, 0.29) is 5.56 Å². The Morgan fingerprint density at radius 2 is 2.00 bits per heavy atom. The molecule has 6 heteroatoms. The number of hydrogen-bond donors (Lipinski definition) is 3. The van der Waals surface area contributed by atoms with Crippen LogP contribution in [0.15, 0.2) is 42.7 Å². The maximum Gasteiger partial charge on any atom is 0.250 e. The van der Waals surface area contributed by atoms with Gasteiger partial charge in [-0.2, -0.15) is 5.10 Å². The standard InChI is InChI=1S/C18H15N5O/c1-9-4-5-13-12(8-22-23-13)15(9)16-10-3-2-6-21-14(10)7-11(17(16)19)18(20)24/h2-8H,19H2,1H3,(H2,20,24)(H,22,23). The summed E-state index contributed by atoms with van der Waals surface area (Å²) < 4.78 is 0. The van der Waals surface area contributed by atoms with Crippen LogP contribution in [-0.4, -0.2) is 21.1 Å². The number of nitrogen functional groups attached to an aromatic ring is 1. The maximum atomic E-state index is 11.8. The number of fused-ring (bicyclic) bond motifs is 2. The number of pyridine rings is 1. The second-order valence-electron chi connectivity index (χ2n) is 5.74. The van der Waals surface area contributed by atoms with Crippen molar-refractivity contribution in [1.29, 1.82) is 0 Å². The summed E-state index contributed by atoms with van der Waals surface area (Å²) in [5, 5.41) is 8.90. The van der Waals surface area contributed by atoms with Gasteiger partial charge in [-0.1, -0.05) is 12.1 Å². The molecule has 1 amide bonds. The van der Waals surface area contributed by atoms with Crippen LogP contribution in [0.25, 0.3) is 32.9 Å². The molecule has 2 aromatic carbocycles. The molecule has 0 saturated heterocycles. The number of hydrogen-bond acceptors (Lipinski definition) is 4. The van der Waals surface area contributed by atoms with Crippen LogP contribution in [0.3, 0.4) is 0 Å². The third-order valence-electron chi connectivity index (χ3n) is 4.30. The zero-order chi connectivity index (χ0) is 16.8. The highest BCUT2D eigenvalue weighted by molar-refractivity contribution is 6.14. The van der Waals surface area contributed by atoms with Crippen molar-refractivity contribution < 1.29 is 4.79 Å². The molecule has 0 spiro atoms. The van der Waals surface area contributed by atoms with Crippen molar-refractivity contribution in [2.24, 2.45) is 5.73 Å². The van der Waals surface area contributed by atoms with E-state index in [4.69, 9.17) is 11.5 Å². The Balaban J connectivity index is 2.24. The van der Waals surface area contributed by atoms with Gasteiger partial charge in [0, 0.05) is 22.5 Å². The summed E-state index contributed by atoms with van der Waals surface area (Å²) >= 11 is 0. The summed E-state index contributed by atoms with van der Waals surface area (Å²) in [6.45, 7) is 2.00. The molecule has 4 aromatic rings. The number of anilines is 1. The topological polar surface area (TPSA) is 111 Å². The van der Waals surface area contributed by atoms with Gasteiger partial charge in [0.15, 0.2) is 0 Å². The van der Waals surface area contributed by atoms with E-state index in [1.807, 2.05) is 31.2 Å². The third kappa shape index (κ3) is 1.93. The van der Waals surface area contributed by atoms with Gasteiger partial charge in [0.25, 0.3) is 5.91 Å². The Bertz CT molecular complexity index is 1110. The molecule has 0 aliphatic rings. The molecule has 0 aliphatic carbocycles. The zero-order valence-electron chi connectivity index (χ0n) is 13.0. The molecule has 0 aliphatic heterocycles. The number of nitrogens with one attached hydrogen (secondary N) is 1. The molecule has 24 heavy (non-hydrogen) atoms. The minimum atomic E-state index is -0.571. The maximum absolute atomic E-state index is 11.8. The highest BCUT2D eigenvalue weighted by Gasteiger charge is 2.20. The Labute approximate surface area is 137 Å². The number of aromatic nitrogens is 3. The van der Waals surface area contributed by atoms with Crippen molar-refractivity contribution in [1.82, 2.24) is 15.2 Å². The second kappa shape index (κ2) is 5.06. The molecular formula is C18H15N5O. The number of rotatable bonds is 2. The molecule has 0 fully saturated rings. The van der Waals surface area contributed by atoms with E-state index >= 15 is 0 Å². The van der Waals surface area contributed by atoms with Crippen molar-refractivity contribution in [2.75, 3.05) is 5.73 Å². The lowest BCUT2D eigenvalue weighted by Gasteiger charge is -2.16. The van der Waals surface area contributed by atoms with E-state index in [0.29, 0.717) is 11.2 Å². The van der Waals surface area contributed by atoms with Crippen LogP contribution in [0.4, 0.5) is 5.69 Å². The van der Waals surface area contributed by atoms with E-state index in [2.05, 4.69) is 15.2 Å². The summed E-state index contributed by atoms with van der Waals surface area (Å²) in [6.07, 6.45) is 3.44. The minimum absolute atomic E-state index is 0.274. The quantitative estimate of drug-likeness (QED) is 0.494. The molecule has 0 atom stereocenters. The number of nitrogens with two attached hydrogens (primary N) is 2. The average Bonchev–Trinajstić information content (AvgIpc) is 3.04. The Morgan fingerprint density at radius 1 is 1.17 bits per heavy atom. The van der Waals surface area contributed by atoms with Gasteiger partial charge >= 0.3 is 0 Å². The Morgan fingerprint density at radius 3 is 2.79 bits per heavy atom. The van der Waals surface area contributed by atoms with Crippen molar-refractivity contribution >= 4 is 33.4 Å². The predicted octanol–water partition coefficient (Wildman–Crippen LogP) is 2.77. The van der Waals surface area contributed by atoms with Crippen LogP contribution in [-0.2, 0) is 0 Å². The zero-order valence-corrected chi connectivity index (χ0v) is 13.0. The SMILES string of the molecule is Cc1ccc2[nH]ncc2c1-c1c(N)c(C(N)=O)cc2ncccc12. The second-order valence-corrected chi connectivity index (χ2v) is 5.74. The molecular weight excluding hydrogens is 302 g/mol. The molecule has 2 aromatic heterocycles. The lowest BCUT2D eigenvalue weighted by Crippen LogP contribution is -2.14. The number of H-pyrrole nitrogens is 1. The number of aromatic amines is 1. The van der Waals surface area contributed by atoms with Crippen molar-refractivity contribution in [3.05, 3.63) is 53.9 Å². The number of benzene rings is 2. The van der Waals surface area contributed by atoms with Gasteiger partial charge in [-0.25, -0.2) is 0 Å². The van der Waals surface area contributed by atoms with E-state index in [0.717, 1.165) is 33.0 Å². The van der Waals surface area contributed by atoms with Crippen molar-refractivity contribution in [2.45, 2.75) is 6.92 Å². The smallest absolute Gasteiger partial charge is 0.250 e. The molecule has 4 rings (SSSR count). The summed E-state index contributed by atoms with van der Waals surface area (Å²) in [7, 11) is 0. The summed E-state index contributed by atoms with van der Waals surface area (Å²) in [5.41, 5.74) is 16.8. The Hall–Kier alpha value is -3.41. The summed E-state index contributed by atoms with van der Waals surface area (Å²) in [4.78, 5) is 16.2. The number of amides is 1. The molecule has 0 bridgehead atoms. The fraction of sp³-hybridized carbons (Fsp3) is 0.0556. The van der Waals surface area contributed by atoms with Crippen LogP contribution in [0.5, 0.6) is 0 Å². The first kappa shape index (κ1) is 14.2. The van der Waals surface area contributed by atoms with Gasteiger partial charge in [0.2, 0.25) is 0 Å². The van der Waals surface area contributed by atoms with Gasteiger partial charge in [-0.15, -0.1) is 0 Å². The van der Waals surface area contributed by atoms with E-state index in [9.17, 15) is 4.79 Å². The first-order valence-corrected chi connectivity index (χ1v) is 7.48. The normalized spacial score (nSPS) is 11.2. The largest absolute Gasteiger partial charge is 0.398 e. The fourth-order valence-corrected chi connectivity index (χ4v) is 3.17. The van der Waals surface area contributed by atoms with E-state index in [1.54, 1.807) is 18.5 Å². The lowest BCUT2D eigenvalue weighted by molar-refractivity contribution is 0.100. The van der Waals surface area contributed by atoms with Gasteiger partial charge in [0.05, 0.1) is 28.5 Å². The lowest BCUT2D eigenvalue weighted by atomic mass is 9.90. The van der Waals surface area contributed by atoms with Gasteiger partial charge in [0.1, 0.15) is 0 Å². The van der Waals surface area contributed by atoms with Crippen LogP contribution in [0.2, 0.25) is 0 Å². The number of carbonyl (C=O) groups is 1. The van der Waals surface area contributed by atoms with Crippen LogP contribution >= 0.6 is 0 Å². The van der Waals surface area contributed by atoms with Crippen LogP contribution < -0.4 is 11.5 Å². The number of aryl methyl sites for hydroxylation is 1.